The molecule has 0 aliphatic carbocycles. The van der Waals surface area contributed by atoms with Crippen molar-refractivity contribution in [3.05, 3.63) is 113 Å². The van der Waals surface area contributed by atoms with Crippen LogP contribution < -0.4 is 14.2 Å². The Kier molecular flexibility index (Phi) is 8.55. The van der Waals surface area contributed by atoms with Crippen LogP contribution in [0.2, 0.25) is 0 Å². The fourth-order valence-corrected chi connectivity index (χ4v) is 4.23. The Morgan fingerprint density at radius 2 is 1.37 bits per heavy atom. The third-order valence-corrected chi connectivity index (χ3v) is 6.14. The molecule has 0 radical (unpaired) electrons. The number of aliphatic carboxylic acids is 1. The quantitative estimate of drug-likeness (QED) is 0.287. The first-order valence-corrected chi connectivity index (χ1v) is 12.1. The van der Waals surface area contributed by atoms with Gasteiger partial charge < -0.3 is 24.1 Å². The molecule has 8 nitrogen and oxygen atoms in total. The van der Waals surface area contributed by atoms with Crippen molar-refractivity contribution in [2.45, 2.75) is 25.0 Å². The van der Waals surface area contributed by atoms with Crippen molar-refractivity contribution in [2.75, 3.05) is 20.8 Å². The molecule has 1 aromatic heterocycles. The molecular weight excluding hydrogens is 484 g/mol. The van der Waals surface area contributed by atoms with Gasteiger partial charge in [0.15, 0.2) is 5.60 Å². The van der Waals surface area contributed by atoms with Gasteiger partial charge in [0.2, 0.25) is 17.9 Å². The molecule has 3 aromatic carbocycles. The smallest absolute Gasteiger partial charge is 0.348 e. The maximum absolute atomic E-state index is 13.0. The van der Waals surface area contributed by atoms with Gasteiger partial charge in [-0.3, -0.25) is 0 Å². The first-order chi connectivity index (χ1) is 18.5. The van der Waals surface area contributed by atoms with E-state index in [9.17, 15) is 9.90 Å². The highest BCUT2D eigenvalue weighted by Crippen LogP contribution is 2.39. The summed E-state index contributed by atoms with van der Waals surface area (Å²) in [5.41, 5.74) is 1.90. The van der Waals surface area contributed by atoms with Crippen LogP contribution in [0, 0.1) is 6.92 Å². The molecule has 0 bridgehead atoms. The van der Waals surface area contributed by atoms with E-state index in [2.05, 4.69) is 9.97 Å². The maximum atomic E-state index is 13.0. The van der Waals surface area contributed by atoms with Crippen molar-refractivity contribution in [2.24, 2.45) is 0 Å². The summed E-state index contributed by atoms with van der Waals surface area (Å²) in [4.78, 5) is 21.4. The number of benzene rings is 3. The van der Waals surface area contributed by atoms with Crippen molar-refractivity contribution >= 4 is 5.97 Å². The molecule has 1 atom stereocenters. The summed E-state index contributed by atoms with van der Waals surface area (Å²) < 4.78 is 23.1. The molecule has 0 aliphatic heterocycles. The molecule has 1 N–H and O–H groups in total. The molecule has 4 aromatic rings. The second-order valence-corrected chi connectivity index (χ2v) is 8.62. The van der Waals surface area contributed by atoms with E-state index in [0.717, 1.165) is 11.1 Å². The van der Waals surface area contributed by atoms with Crippen molar-refractivity contribution in [1.29, 1.82) is 0 Å². The van der Waals surface area contributed by atoms with E-state index in [-0.39, 0.29) is 24.4 Å². The fraction of sp³-hybridized carbons (Fsp3) is 0.233. The van der Waals surface area contributed by atoms with Gasteiger partial charge >= 0.3 is 12.0 Å². The molecule has 0 saturated heterocycles. The Balaban J connectivity index is 1.82. The van der Waals surface area contributed by atoms with Crippen molar-refractivity contribution in [3.8, 4) is 17.8 Å². The number of carbonyl (C=O) groups is 1. The van der Waals surface area contributed by atoms with Crippen LogP contribution in [0.4, 0.5) is 0 Å². The highest BCUT2D eigenvalue weighted by atomic mass is 16.6. The zero-order valence-corrected chi connectivity index (χ0v) is 21.5. The number of aromatic nitrogens is 2. The Hall–Kier alpha value is -4.43. The highest BCUT2D eigenvalue weighted by Gasteiger charge is 2.50. The molecular formula is C30H30N2O6. The lowest BCUT2D eigenvalue weighted by molar-refractivity contribution is -0.164. The Morgan fingerprint density at radius 3 is 1.84 bits per heavy atom. The minimum Gasteiger partial charge on any atom is -0.481 e. The van der Waals surface area contributed by atoms with Gasteiger partial charge in [-0.05, 0) is 30.0 Å². The van der Waals surface area contributed by atoms with E-state index in [1.54, 1.807) is 0 Å². The van der Waals surface area contributed by atoms with Crippen LogP contribution >= 0.6 is 0 Å². The van der Waals surface area contributed by atoms with Crippen molar-refractivity contribution in [3.63, 3.8) is 0 Å². The minimum atomic E-state index is -1.57. The van der Waals surface area contributed by atoms with Crippen LogP contribution in [0.15, 0.2) is 91.0 Å². The second-order valence-electron chi connectivity index (χ2n) is 8.62. The topological polar surface area (TPSA) is 100 Å². The fourth-order valence-electron chi connectivity index (χ4n) is 4.23. The highest BCUT2D eigenvalue weighted by molar-refractivity contribution is 5.76. The molecule has 4 rings (SSSR count). The van der Waals surface area contributed by atoms with Gasteiger partial charge in [0.05, 0.1) is 26.9 Å². The van der Waals surface area contributed by atoms with E-state index in [4.69, 9.17) is 18.9 Å². The summed E-state index contributed by atoms with van der Waals surface area (Å²) in [5, 5.41) is 10.6. The van der Waals surface area contributed by atoms with Crippen molar-refractivity contribution in [1.82, 2.24) is 9.97 Å². The molecule has 0 fully saturated rings. The number of methoxy groups -OCH3 is 2. The summed E-state index contributed by atoms with van der Waals surface area (Å²) >= 11 is 0. The summed E-state index contributed by atoms with van der Waals surface area (Å²) in [6, 6.07) is 27.8. The third-order valence-electron chi connectivity index (χ3n) is 6.14. The van der Waals surface area contributed by atoms with Crippen LogP contribution in [0.5, 0.6) is 17.8 Å². The number of rotatable bonds is 12. The molecule has 8 heteroatoms. The van der Waals surface area contributed by atoms with Gasteiger partial charge in [0.1, 0.15) is 0 Å². The summed E-state index contributed by atoms with van der Waals surface area (Å²) in [5.74, 6) is -0.916. The Morgan fingerprint density at radius 1 is 0.842 bits per heavy atom. The largest absolute Gasteiger partial charge is 0.481 e. The lowest BCUT2D eigenvalue weighted by atomic mass is 9.81. The van der Waals surface area contributed by atoms with E-state index in [0.29, 0.717) is 17.5 Å². The first-order valence-electron chi connectivity index (χ1n) is 12.1. The van der Waals surface area contributed by atoms with Crippen LogP contribution in [0.3, 0.4) is 0 Å². The van der Waals surface area contributed by atoms with Crippen LogP contribution in [0.1, 0.15) is 22.3 Å². The number of ether oxygens (including phenoxy) is 4. The van der Waals surface area contributed by atoms with Crippen molar-refractivity contribution < 1.29 is 28.8 Å². The van der Waals surface area contributed by atoms with E-state index >= 15 is 0 Å². The van der Waals surface area contributed by atoms with Gasteiger partial charge in [0.25, 0.3) is 0 Å². The third kappa shape index (κ3) is 5.92. The number of hydrogen-bond donors (Lipinski definition) is 1. The van der Waals surface area contributed by atoms with E-state index < -0.39 is 17.7 Å². The van der Waals surface area contributed by atoms with Gasteiger partial charge in [-0.1, -0.05) is 90.5 Å². The molecule has 0 spiro atoms. The zero-order valence-electron chi connectivity index (χ0n) is 21.5. The molecule has 196 valence electrons. The molecule has 1 heterocycles. The van der Waals surface area contributed by atoms with Gasteiger partial charge in [-0.2, -0.15) is 9.97 Å². The van der Waals surface area contributed by atoms with Gasteiger partial charge in [0, 0.05) is 0 Å². The SMILES string of the molecule is COc1cc(OC)nc(OC(C(=O)O)C(OCCc2ccc(C)cc2)(c2ccccc2)c2ccccc2)n1. The normalized spacial score (nSPS) is 12.0. The predicted octanol–water partition coefficient (Wildman–Crippen LogP) is 4.84. The number of nitrogens with zero attached hydrogens (tertiary/aromatic N) is 2. The van der Waals surface area contributed by atoms with E-state index in [1.165, 1.54) is 20.3 Å². The number of carboxylic acids is 1. The maximum Gasteiger partial charge on any atom is 0.348 e. The zero-order chi connectivity index (χ0) is 27.0. The lowest BCUT2D eigenvalue weighted by Crippen LogP contribution is -2.51. The predicted molar refractivity (Wildman–Crippen MR) is 142 cm³/mol. The lowest BCUT2D eigenvalue weighted by Gasteiger charge is -2.39. The average molecular weight is 515 g/mol. The average Bonchev–Trinajstić information content (AvgIpc) is 2.96. The molecule has 0 saturated carbocycles. The number of aryl methyl sites for hydroxylation is 1. The molecule has 0 aliphatic rings. The standard InChI is InChI=1S/C30H30N2O6/c1-21-14-16-22(17-15-21)18-19-37-30(23-10-6-4-7-11-23,24-12-8-5-9-13-24)27(28(33)34)38-29-31-25(35-2)20-26(32-29)36-3/h4-17,20,27H,18-19H2,1-3H3,(H,33,34). The van der Waals surface area contributed by atoms with Crippen LogP contribution in [-0.4, -0.2) is 48.0 Å². The molecule has 1 unspecified atom stereocenters. The summed E-state index contributed by atoms with van der Waals surface area (Å²) in [7, 11) is 2.87. The van der Waals surface area contributed by atoms with Gasteiger partial charge in [-0.15, -0.1) is 0 Å². The number of carboxylic acid groups (broad SMARTS) is 1. The second kappa shape index (κ2) is 12.2. The van der Waals surface area contributed by atoms with Gasteiger partial charge in [-0.25, -0.2) is 4.79 Å². The number of hydrogen-bond acceptors (Lipinski definition) is 7. The summed E-state index contributed by atoms with van der Waals surface area (Å²) in [6.07, 6.45) is -1.00. The monoisotopic (exact) mass is 514 g/mol. The molecule has 0 amide bonds. The summed E-state index contributed by atoms with van der Waals surface area (Å²) in [6.45, 7) is 2.25. The van der Waals surface area contributed by atoms with Crippen LogP contribution in [0.25, 0.3) is 0 Å². The van der Waals surface area contributed by atoms with E-state index in [1.807, 2.05) is 91.9 Å². The van der Waals surface area contributed by atoms with Crippen LogP contribution in [-0.2, 0) is 21.6 Å². The Bertz CT molecular complexity index is 1270. The Labute approximate surface area is 221 Å². The first kappa shape index (κ1) is 26.6. The minimum absolute atomic E-state index is 0.168. The molecule has 38 heavy (non-hydrogen) atoms.